The van der Waals surface area contributed by atoms with E-state index in [1.54, 1.807) is 4.90 Å². The summed E-state index contributed by atoms with van der Waals surface area (Å²) in [4.78, 5) is 20.3. The van der Waals surface area contributed by atoms with E-state index in [9.17, 15) is 17.6 Å². The van der Waals surface area contributed by atoms with E-state index in [0.717, 1.165) is 33.5 Å². The van der Waals surface area contributed by atoms with E-state index in [0.29, 0.717) is 18.0 Å². The average Bonchev–Trinajstić information content (AvgIpc) is 3.52. The lowest BCUT2D eigenvalue weighted by molar-refractivity contribution is -0.121. The molecule has 2 heterocycles. The maximum absolute atomic E-state index is 14.0. The Morgan fingerprint density at radius 1 is 1.09 bits per heavy atom. The van der Waals surface area contributed by atoms with Crippen LogP contribution in [-0.2, 0) is 21.4 Å². The van der Waals surface area contributed by atoms with Crippen molar-refractivity contribution in [3.8, 4) is 0 Å². The van der Waals surface area contributed by atoms with Crippen LogP contribution in [0, 0.1) is 12.7 Å². The molecule has 1 aliphatic rings. The van der Waals surface area contributed by atoms with Crippen LogP contribution in [0.4, 0.5) is 9.52 Å². The first-order valence-electron chi connectivity index (χ1n) is 11.3. The number of nitrogens with zero attached hydrogens (tertiary/aromatic N) is 3. The molecule has 1 atom stereocenters. The summed E-state index contributed by atoms with van der Waals surface area (Å²) in [6.07, 6.45) is 0.976. The number of rotatable bonds is 6. The first-order chi connectivity index (χ1) is 16.8. The molecule has 0 aliphatic carbocycles. The molecule has 1 unspecified atom stereocenters. The lowest BCUT2D eigenvalue weighted by Gasteiger charge is -2.28. The molecule has 1 fully saturated rings. The number of hydrogen-bond acceptors (Lipinski definition) is 5. The number of para-hydroxylation sites is 1. The first-order valence-corrected chi connectivity index (χ1v) is 13.6. The van der Waals surface area contributed by atoms with E-state index in [2.05, 4.69) is 0 Å². The molecule has 9 heteroatoms. The Labute approximate surface area is 207 Å². The standard InChI is InChI=1S/C26H24FN3O3S2/c1-18-7-5-11-23-24(18)28-26(34-23)29(17-19-8-3-2-4-9-19)25(31)22-10-6-16-30(22)35(32,33)21-14-12-20(27)13-15-21/h2-5,7-9,11-15,22H,6,10,16-17H2,1H3. The van der Waals surface area contributed by atoms with Crippen LogP contribution < -0.4 is 4.90 Å². The van der Waals surface area contributed by atoms with Gasteiger partial charge in [-0.05, 0) is 61.2 Å². The zero-order valence-electron chi connectivity index (χ0n) is 19.1. The molecule has 5 rings (SSSR count). The van der Waals surface area contributed by atoms with Crippen molar-refractivity contribution in [1.29, 1.82) is 0 Å². The lowest BCUT2D eigenvalue weighted by Crippen LogP contribution is -2.47. The highest BCUT2D eigenvalue weighted by atomic mass is 32.2. The number of hydrogen-bond donors (Lipinski definition) is 0. The fourth-order valence-corrected chi connectivity index (χ4v) is 7.09. The van der Waals surface area contributed by atoms with Gasteiger partial charge in [0.05, 0.1) is 21.7 Å². The van der Waals surface area contributed by atoms with Crippen LogP contribution in [0.15, 0.2) is 77.7 Å². The Morgan fingerprint density at radius 3 is 2.54 bits per heavy atom. The lowest BCUT2D eigenvalue weighted by atomic mass is 10.1. The highest BCUT2D eigenvalue weighted by Gasteiger charge is 2.42. The second kappa shape index (κ2) is 9.49. The Hall–Kier alpha value is -3.14. The number of thiazole rings is 1. The van der Waals surface area contributed by atoms with Gasteiger partial charge in [0.25, 0.3) is 0 Å². The summed E-state index contributed by atoms with van der Waals surface area (Å²) in [7, 11) is -3.97. The smallest absolute Gasteiger partial charge is 0.247 e. The van der Waals surface area contributed by atoms with E-state index >= 15 is 0 Å². The molecule has 4 aromatic rings. The van der Waals surface area contributed by atoms with Gasteiger partial charge in [-0.1, -0.05) is 53.8 Å². The molecule has 0 radical (unpaired) electrons. The fourth-order valence-electron chi connectivity index (χ4n) is 4.39. The molecular weight excluding hydrogens is 485 g/mol. The van der Waals surface area contributed by atoms with E-state index in [1.165, 1.54) is 27.8 Å². The Balaban J connectivity index is 1.53. The summed E-state index contributed by atoms with van der Waals surface area (Å²) in [5, 5.41) is 0.536. The summed E-state index contributed by atoms with van der Waals surface area (Å²) in [5.74, 6) is -0.827. The minimum Gasteiger partial charge on any atom is -0.282 e. The third-order valence-corrected chi connectivity index (χ3v) is 9.16. The van der Waals surface area contributed by atoms with Gasteiger partial charge >= 0.3 is 0 Å². The summed E-state index contributed by atoms with van der Waals surface area (Å²) in [5.41, 5.74) is 2.77. The number of halogens is 1. The molecule has 3 aromatic carbocycles. The Kier molecular flexibility index (Phi) is 6.39. The van der Waals surface area contributed by atoms with Gasteiger partial charge in [0.1, 0.15) is 11.9 Å². The van der Waals surface area contributed by atoms with Crippen LogP contribution in [-0.4, -0.2) is 36.2 Å². The second-order valence-electron chi connectivity index (χ2n) is 8.56. The van der Waals surface area contributed by atoms with Crippen LogP contribution >= 0.6 is 11.3 Å². The summed E-state index contributed by atoms with van der Waals surface area (Å²) in [6.45, 7) is 2.48. The number of aryl methyl sites for hydroxylation is 1. The molecule has 6 nitrogen and oxygen atoms in total. The first kappa shape index (κ1) is 23.6. The third-order valence-electron chi connectivity index (χ3n) is 6.20. The normalized spacial score (nSPS) is 16.6. The fraction of sp³-hybridized carbons (Fsp3) is 0.231. The summed E-state index contributed by atoms with van der Waals surface area (Å²) >= 11 is 1.42. The average molecular weight is 510 g/mol. The summed E-state index contributed by atoms with van der Waals surface area (Å²) in [6, 6.07) is 19.3. The van der Waals surface area contributed by atoms with Gasteiger partial charge in [-0.2, -0.15) is 4.31 Å². The van der Waals surface area contributed by atoms with Crippen LogP contribution in [0.3, 0.4) is 0 Å². The van der Waals surface area contributed by atoms with Crippen LogP contribution in [0.1, 0.15) is 24.0 Å². The van der Waals surface area contributed by atoms with Crippen molar-refractivity contribution in [2.24, 2.45) is 0 Å². The molecule has 1 aromatic heterocycles. The van der Waals surface area contributed by atoms with Gasteiger partial charge in [0.15, 0.2) is 5.13 Å². The molecule has 0 N–H and O–H groups in total. The Morgan fingerprint density at radius 2 is 1.83 bits per heavy atom. The van der Waals surface area contributed by atoms with Gasteiger partial charge in [0.2, 0.25) is 15.9 Å². The largest absolute Gasteiger partial charge is 0.282 e. The van der Waals surface area contributed by atoms with Crippen LogP contribution in [0.25, 0.3) is 10.2 Å². The topological polar surface area (TPSA) is 70.6 Å². The predicted molar refractivity (Wildman–Crippen MR) is 135 cm³/mol. The van der Waals surface area contributed by atoms with E-state index in [-0.39, 0.29) is 23.9 Å². The van der Waals surface area contributed by atoms with Crippen LogP contribution in [0.2, 0.25) is 0 Å². The van der Waals surface area contributed by atoms with Crippen molar-refractivity contribution in [2.45, 2.75) is 37.2 Å². The number of aromatic nitrogens is 1. The van der Waals surface area contributed by atoms with Gasteiger partial charge < -0.3 is 0 Å². The molecule has 1 amide bonds. The highest BCUT2D eigenvalue weighted by Crippen LogP contribution is 2.34. The van der Waals surface area contributed by atoms with E-state index in [1.807, 2.05) is 55.5 Å². The van der Waals surface area contributed by atoms with Gasteiger partial charge in [-0.15, -0.1) is 0 Å². The molecule has 180 valence electrons. The van der Waals surface area contributed by atoms with Gasteiger partial charge in [0, 0.05) is 6.54 Å². The maximum Gasteiger partial charge on any atom is 0.247 e. The molecule has 1 saturated heterocycles. The van der Waals surface area contributed by atoms with Crippen molar-refractivity contribution in [3.63, 3.8) is 0 Å². The number of carbonyl (C=O) groups excluding carboxylic acids is 1. The zero-order valence-corrected chi connectivity index (χ0v) is 20.7. The van der Waals surface area contributed by atoms with Crippen molar-refractivity contribution in [1.82, 2.24) is 9.29 Å². The molecule has 0 spiro atoms. The van der Waals surface area contributed by atoms with Crippen molar-refractivity contribution in [3.05, 3.63) is 89.7 Å². The number of sulfonamides is 1. The van der Waals surface area contributed by atoms with Crippen LogP contribution in [0.5, 0.6) is 0 Å². The zero-order chi connectivity index (χ0) is 24.6. The molecule has 0 bridgehead atoms. The molecular formula is C26H24FN3O3S2. The van der Waals surface area contributed by atoms with Crippen molar-refractivity contribution < 1.29 is 17.6 Å². The third kappa shape index (κ3) is 4.59. The highest BCUT2D eigenvalue weighted by molar-refractivity contribution is 7.89. The number of anilines is 1. The van der Waals surface area contributed by atoms with Gasteiger partial charge in [-0.3, -0.25) is 9.69 Å². The maximum atomic E-state index is 14.0. The Bertz CT molecular complexity index is 1470. The predicted octanol–water partition coefficient (Wildman–Crippen LogP) is 5.13. The van der Waals surface area contributed by atoms with E-state index in [4.69, 9.17) is 4.98 Å². The number of fused-ring (bicyclic) bond motifs is 1. The monoisotopic (exact) mass is 509 g/mol. The van der Waals surface area contributed by atoms with Gasteiger partial charge in [-0.25, -0.2) is 17.8 Å². The SMILES string of the molecule is Cc1cccc2sc(N(Cc3ccccc3)C(=O)C3CCCN3S(=O)(=O)c3ccc(F)cc3)nc12. The second-order valence-corrected chi connectivity index (χ2v) is 11.5. The molecule has 0 saturated carbocycles. The summed E-state index contributed by atoms with van der Waals surface area (Å²) < 4.78 is 42.4. The molecule has 35 heavy (non-hydrogen) atoms. The van der Waals surface area contributed by atoms with E-state index < -0.39 is 21.9 Å². The van der Waals surface area contributed by atoms with Crippen molar-refractivity contribution in [2.75, 3.05) is 11.4 Å². The minimum absolute atomic E-state index is 0.0242. The van der Waals surface area contributed by atoms with Crippen molar-refractivity contribution >= 4 is 42.6 Å². The quantitative estimate of drug-likeness (QED) is 0.361. The number of amides is 1. The number of carbonyl (C=O) groups is 1. The molecule has 1 aliphatic heterocycles. The minimum atomic E-state index is -3.97. The number of benzene rings is 3.